The van der Waals surface area contributed by atoms with Crippen LogP contribution >= 0.6 is 22.6 Å². The van der Waals surface area contributed by atoms with Crippen molar-refractivity contribution in [2.24, 2.45) is 0 Å². The maximum absolute atomic E-state index is 6.38. The van der Waals surface area contributed by atoms with Gasteiger partial charge in [-0.1, -0.05) is 72.5 Å². The van der Waals surface area contributed by atoms with Gasteiger partial charge in [0.05, 0.1) is 12.2 Å². The fourth-order valence-corrected chi connectivity index (χ4v) is 3.43. The second-order valence-corrected chi connectivity index (χ2v) is 6.13. The van der Waals surface area contributed by atoms with E-state index in [-0.39, 0.29) is 6.10 Å². The zero-order valence-corrected chi connectivity index (χ0v) is 13.4. The summed E-state index contributed by atoms with van der Waals surface area (Å²) < 4.78 is 7.42. The van der Waals surface area contributed by atoms with Crippen molar-refractivity contribution in [1.82, 2.24) is 0 Å². The minimum atomic E-state index is 0.273. The predicted octanol–water partition coefficient (Wildman–Crippen LogP) is 5.21. The van der Waals surface area contributed by atoms with Crippen LogP contribution in [0.5, 0.6) is 0 Å². The average Bonchev–Trinajstić information content (AvgIpc) is 2.65. The van der Waals surface area contributed by atoms with Crippen LogP contribution in [0, 0.1) is 6.92 Å². The molecule has 1 aliphatic carbocycles. The fraction of sp³-hybridized carbons (Fsp3) is 0.625. The quantitative estimate of drug-likeness (QED) is 0.408. The van der Waals surface area contributed by atoms with Crippen LogP contribution in [0.25, 0.3) is 0 Å². The highest BCUT2D eigenvalue weighted by Crippen LogP contribution is 2.29. The van der Waals surface area contributed by atoms with Gasteiger partial charge in [0, 0.05) is 4.43 Å². The molecule has 2 rings (SSSR count). The smallest absolute Gasteiger partial charge is 0.0920 e. The molecule has 1 nitrogen and oxygen atoms in total. The Kier molecular flexibility index (Phi) is 5.96. The summed E-state index contributed by atoms with van der Waals surface area (Å²) in [4.78, 5) is 0. The van der Waals surface area contributed by atoms with Crippen molar-refractivity contribution in [2.45, 2.75) is 57.7 Å². The first-order valence-electron chi connectivity index (χ1n) is 7.08. The predicted molar refractivity (Wildman–Crippen MR) is 85.4 cm³/mol. The van der Waals surface area contributed by atoms with Crippen LogP contribution in [0.4, 0.5) is 0 Å². The van der Waals surface area contributed by atoms with Gasteiger partial charge in [-0.3, -0.25) is 0 Å². The number of hydrogen-bond acceptors (Lipinski definition) is 1. The second kappa shape index (κ2) is 7.49. The molecule has 2 heteroatoms. The minimum Gasteiger partial charge on any atom is -0.369 e. The summed E-state index contributed by atoms with van der Waals surface area (Å²) in [5.41, 5.74) is 2.73. The molecular formula is C16H23IO. The Morgan fingerprint density at radius 3 is 2.44 bits per heavy atom. The number of alkyl halides is 1. The molecule has 0 aromatic heterocycles. The standard InChI is InChI=1S/C16H23IO/c1-13-8-6-7-11-15(13)16(12-17)18-14-9-4-2-3-5-10-14/h6-8,11,14,16H,2-5,9-10,12H2,1H3. The number of benzene rings is 1. The first kappa shape index (κ1) is 14.3. The molecule has 0 aliphatic heterocycles. The van der Waals surface area contributed by atoms with Gasteiger partial charge in [-0.15, -0.1) is 0 Å². The Bertz CT molecular complexity index is 356. The van der Waals surface area contributed by atoms with Crippen molar-refractivity contribution in [2.75, 3.05) is 4.43 Å². The molecule has 0 N–H and O–H groups in total. The summed E-state index contributed by atoms with van der Waals surface area (Å²) in [5.74, 6) is 0. The summed E-state index contributed by atoms with van der Waals surface area (Å²) in [6.45, 7) is 2.19. The van der Waals surface area contributed by atoms with E-state index in [1.807, 2.05) is 0 Å². The zero-order valence-electron chi connectivity index (χ0n) is 11.2. The summed E-state index contributed by atoms with van der Waals surface area (Å²) >= 11 is 2.45. The first-order valence-corrected chi connectivity index (χ1v) is 8.61. The lowest BCUT2D eigenvalue weighted by Crippen LogP contribution is -2.18. The Hall–Kier alpha value is -0.0900. The third-order valence-corrected chi connectivity index (χ3v) is 4.63. The molecule has 0 radical (unpaired) electrons. The SMILES string of the molecule is Cc1ccccc1C(CI)OC1CCCCCC1. The van der Waals surface area contributed by atoms with Crippen molar-refractivity contribution in [3.8, 4) is 0 Å². The molecule has 0 heterocycles. The van der Waals surface area contributed by atoms with Crippen LogP contribution in [0.2, 0.25) is 0 Å². The topological polar surface area (TPSA) is 9.23 Å². The Morgan fingerprint density at radius 2 is 1.83 bits per heavy atom. The third-order valence-electron chi connectivity index (χ3n) is 3.83. The van der Waals surface area contributed by atoms with Gasteiger partial charge in [0.1, 0.15) is 0 Å². The average molecular weight is 358 g/mol. The zero-order chi connectivity index (χ0) is 12.8. The van der Waals surface area contributed by atoms with E-state index >= 15 is 0 Å². The van der Waals surface area contributed by atoms with Gasteiger partial charge in [0.2, 0.25) is 0 Å². The van der Waals surface area contributed by atoms with Gasteiger partial charge in [-0.25, -0.2) is 0 Å². The van der Waals surface area contributed by atoms with Crippen molar-refractivity contribution in [3.63, 3.8) is 0 Å². The monoisotopic (exact) mass is 358 g/mol. The normalized spacial score (nSPS) is 19.4. The third kappa shape index (κ3) is 3.95. The fourth-order valence-electron chi connectivity index (χ4n) is 2.75. The lowest BCUT2D eigenvalue weighted by Gasteiger charge is -2.24. The van der Waals surface area contributed by atoms with Crippen LogP contribution in [0.1, 0.15) is 55.8 Å². The van der Waals surface area contributed by atoms with E-state index in [1.165, 1.54) is 49.7 Å². The summed E-state index contributed by atoms with van der Waals surface area (Å²) in [7, 11) is 0. The van der Waals surface area contributed by atoms with Crippen LogP contribution in [0.3, 0.4) is 0 Å². The molecule has 0 spiro atoms. The number of hydrogen-bond donors (Lipinski definition) is 0. The molecule has 0 bridgehead atoms. The van der Waals surface area contributed by atoms with Gasteiger partial charge < -0.3 is 4.74 Å². The molecule has 1 aromatic rings. The van der Waals surface area contributed by atoms with Crippen molar-refractivity contribution >= 4 is 22.6 Å². The molecule has 1 atom stereocenters. The minimum absolute atomic E-state index is 0.273. The highest BCUT2D eigenvalue weighted by atomic mass is 127. The van der Waals surface area contributed by atoms with Crippen LogP contribution < -0.4 is 0 Å². The molecule has 1 fully saturated rings. The van der Waals surface area contributed by atoms with E-state index < -0.39 is 0 Å². The van der Waals surface area contributed by atoms with Gasteiger partial charge in [-0.2, -0.15) is 0 Å². The molecule has 1 aromatic carbocycles. The van der Waals surface area contributed by atoms with E-state index in [2.05, 4.69) is 53.8 Å². The molecule has 1 saturated carbocycles. The van der Waals surface area contributed by atoms with Gasteiger partial charge in [0.25, 0.3) is 0 Å². The lowest BCUT2D eigenvalue weighted by molar-refractivity contribution is -0.00732. The Labute approximate surface area is 124 Å². The van der Waals surface area contributed by atoms with Gasteiger partial charge >= 0.3 is 0 Å². The molecule has 18 heavy (non-hydrogen) atoms. The highest BCUT2D eigenvalue weighted by molar-refractivity contribution is 14.1. The Morgan fingerprint density at radius 1 is 1.17 bits per heavy atom. The van der Waals surface area contributed by atoms with Crippen molar-refractivity contribution in [1.29, 1.82) is 0 Å². The van der Waals surface area contributed by atoms with Gasteiger partial charge in [-0.05, 0) is 30.9 Å². The molecule has 0 saturated heterocycles. The summed E-state index contributed by atoms with van der Waals surface area (Å²) in [6, 6.07) is 8.63. The van der Waals surface area contributed by atoms with E-state index in [9.17, 15) is 0 Å². The van der Waals surface area contributed by atoms with Gasteiger partial charge in [0.15, 0.2) is 0 Å². The number of aryl methyl sites for hydroxylation is 1. The van der Waals surface area contributed by atoms with Crippen LogP contribution in [-0.4, -0.2) is 10.5 Å². The molecule has 1 unspecified atom stereocenters. The first-order chi connectivity index (χ1) is 8.81. The van der Waals surface area contributed by atoms with Crippen molar-refractivity contribution in [3.05, 3.63) is 35.4 Å². The van der Waals surface area contributed by atoms with E-state index in [0.717, 1.165) is 4.43 Å². The Balaban J connectivity index is 2.02. The van der Waals surface area contributed by atoms with E-state index in [4.69, 9.17) is 4.74 Å². The van der Waals surface area contributed by atoms with E-state index in [0.29, 0.717) is 6.10 Å². The largest absolute Gasteiger partial charge is 0.369 e. The summed E-state index contributed by atoms with van der Waals surface area (Å²) in [6.07, 6.45) is 8.71. The molecule has 1 aliphatic rings. The van der Waals surface area contributed by atoms with Crippen LogP contribution in [-0.2, 0) is 4.74 Å². The molecule has 0 amide bonds. The number of ether oxygens (including phenoxy) is 1. The van der Waals surface area contributed by atoms with Crippen LogP contribution in [0.15, 0.2) is 24.3 Å². The van der Waals surface area contributed by atoms with E-state index in [1.54, 1.807) is 0 Å². The maximum atomic E-state index is 6.38. The second-order valence-electron chi connectivity index (χ2n) is 5.25. The lowest BCUT2D eigenvalue weighted by atomic mass is 10.0. The molecule has 100 valence electrons. The maximum Gasteiger partial charge on any atom is 0.0920 e. The number of rotatable bonds is 4. The highest BCUT2D eigenvalue weighted by Gasteiger charge is 2.19. The molecular weight excluding hydrogens is 335 g/mol. The number of halogens is 1. The summed E-state index contributed by atoms with van der Waals surface area (Å²) in [5, 5.41) is 0. The van der Waals surface area contributed by atoms with Crippen molar-refractivity contribution < 1.29 is 4.74 Å².